The Balaban J connectivity index is 0.000000531. The number of benzene rings is 1. The van der Waals surface area contributed by atoms with Crippen molar-refractivity contribution in [3.8, 4) is 5.75 Å². The summed E-state index contributed by atoms with van der Waals surface area (Å²) in [6.45, 7) is 4.00. The van der Waals surface area contributed by atoms with Crippen LogP contribution in [0.5, 0.6) is 5.75 Å². The number of fused-ring (bicyclic) bond motifs is 1. The van der Waals surface area contributed by atoms with E-state index in [0.29, 0.717) is 5.56 Å². The van der Waals surface area contributed by atoms with Gasteiger partial charge in [0, 0.05) is 22.7 Å². The molecule has 0 spiro atoms. The monoisotopic (exact) mass is 205 g/mol. The van der Waals surface area contributed by atoms with E-state index >= 15 is 0 Å². The van der Waals surface area contributed by atoms with Crippen molar-refractivity contribution < 1.29 is 9.53 Å². The zero-order valence-corrected chi connectivity index (χ0v) is 9.20. The zero-order chi connectivity index (χ0) is 11.3. The third kappa shape index (κ3) is 2.18. The highest BCUT2D eigenvalue weighted by Gasteiger charge is 2.02. The summed E-state index contributed by atoms with van der Waals surface area (Å²) in [5.74, 6) is 0.759. The molecule has 0 radical (unpaired) electrons. The van der Waals surface area contributed by atoms with Gasteiger partial charge in [-0.2, -0.15) is 0 Å². The van der Waals surface area contributed by atoms with Gasteiger partial charge in [-0.3, -0.25) is 4.79 Å². The lowest BCUT2D eigenvalue weighted by atomic mass is 10.2. The minimum atomic E-state index is 0.661. The fourth-order valence-corrected chi connectivity index (χ4v) is 1.35. The molecule has 0 aliphatic carbocycles. The summed E-state index contributed by atoms with van der Waals surface area (Å²) in [5, 5.41) is 0.898. The number of methoxy groups -OCH3 is 1. The molecule has 3 heteroatoms. The predicted octanol–water partition coefficient (Wildman–Crippen LogP) is 3.02. The largest absolute Gasteiger partial charge is 0.497 e. The standard InChI is InChI=1S/C10H9NO2.C2H6/c1-13-8-2-3-10-9(4-8)7(6-12)5-11-10;1-2/h2-6,11H,1H3;1-2H3. The molecular weight excluding hydrogens is 190 g/mol. The first-order valence-corrected chi connectivity index (χ1v) is 4.95. The molecule has 0 bridgehead atoms. The number of aromatic amines is 1. The van der Waals surface area contributed by atoms with Crippen LogP contribution in [0.25, 0.3) is 10.9 Å². The van der Waals surface area contributed by atoms with Crippen molar-refractivity contribution in [2.45, 2.75) is 13.8 Å². The number of hydrogen-bond acceptors (Lipinski definition) is 2. The van der Waals surface area contributed by atoms with Crippen LogP contribution in [0, 0.1) is 0 Å². The predicted molar refractivity (Wildman–Crippen MR) is 61.6 cm³/mol. The average Bonchev–Trinajstić information content (AvgIpc) is 2.73. The Bertz CT molecular complexity index is 446. The number of ether oxygens (including phenoxy) is 1. The number of rotatable bonds is 2. The molecule has 1 aromatic heterocycles. The van der Waals surface area contributed by atoms with E-state index < -0.39 is 0 Å². The third-order valence-electron chi connectivity index (χ3n) is 2.05. The number of aromatic nitrogens is 1. The van der Waals surface area contributed by atoms with E-state index in [2.05, 4.69) is 4.98 Å². The minimum Gasteiger partial charge on any atom is -0.497 e. The maximum atomic E-state index is 10.6. The van der Waals surface area contributed by atoms with E-state index in [9.17, 15) is 4.79 Å². The van der Waals surface area contributed by atoms with Gasteiger partial charge in [-0.05, 0) is 18.2 Å². The van der Waals surface area contributed by atoms with Crippen LogP contribution in [0.3, 0.4) is 0 Å². The summed E-state index contributed by atoms with van der Waals surface area (Å²) >= 11 is 0. The summed E-state index contributed by atoms with van der Waals surface area (Å²) in [5.41, 5.74) is 1.61. The molecule has 2 aromatic rings. The molecule has 2 rings (SSSR count). The van der Waals surface area contributed by atoms with Crippen molar-refractivity contribution >= 4 is 17.2 Å². The summed E-state index contributed by atoms with van der Waals surface area (Å²) in [6, 6.07) is 5.59. The Morgan fingerprint density at radius 3 is 2.67 bits per heavy atom. The van der Waals surface area contributed by atoms with Crippen LogP contribution in [0.4, 0.5) is 0 Å². The Morgan fingerprint density at radius 2 is 2.07 bits per heavy atom. The molecule has 0 fully saturated rings. The van der Waals surface area contributed by atoms with E-state index in [1.807, 2.05) is 32.0 Å². The lowest BCUT2D eigenvalue weighted by Crippen LogP contribution is -1.82. The molecule has 0 saturated carbocycles. The van der Waals surface area contributed by atoms with Crippen LogP contribution in [0.15, 0.2) is 24.4 Å². The summed E-state index contributed by atoms with van der Waals surface area (Å²) in [4.78, 5) is 13.6. The second-order valence-corrected chi connectivity index (χ2v) is 2.77. The molecular formula is C12H15NO2. The van der Waals surface area contributed by atoms with Gasteiger partial charge in [0.25, 0.3) is 0 Å². The normalized spacial score (nSPS) is 9.27. The summed E-state index contributed by atoms with van der Waals surface area (Å²) < 4.78 is 5.06. The van der Waals surface area contributed by atoms with Crippen molar-refractivity contribution in [1.82, 2.24) is 4.98 Å². The number of hydrogen-bond donors (Lipinski definition) is 1. The van der Waals surface area contributed by atoms with Gasteiger partial charge < -0.3 is 9.72 Å². The topological polar surface area (TPSA) is 42.1 Å². The van der Waals surface area contributed by atoms with Gasteiger partial charge >= 0.3 is 0 Å². The van der Waals surface area contributed by atoms with E-state index in [1.54, 1.807) is 13.3 Å². The van der Waals surface area contributed by atoms with Crippen LogP contribution in [0.1, 0.15) is 24.2 Å². The molecule has 0 saturated heterocycles. The van der Waals surface area contributed by atoms with Gasteiger partial charge in [-0.25, -0.2) is 0 Å². The zero-order valence-electron chi connectivity index (χ0n) is 9.20. The van der Waals surface area contributed by atoms with Crippen LogP contribution in [-0.2, 0) is 0 Å². The Hall–Kier alpha value is -1.77. The van der Waals surface area contributed by atoms with E-state index in [4.69, 9.17) is 4.74 Å². The first-order valence-electron chi connectivity index (χ1n) is 4.95. The molecule has 15 heavy (non-hydrogen) atoms. The highest BCUT2D eigenvalue weighted by atomic mass is 16.5. The summed E-state index contributed by atoms with van der Waals surface area (Å²) in [7, 11) is 1.61. The maximum Gasteiger partial charge on any atom is 0.152 e. The third-order valence-corrected chi connectivity index (χ3v) is 2.05. The fraction of sp³-hybridized carbons (Fsp3) is 0.250. The van der Waals surface area contributed by atoms with Crippen LogP contribution < -0.4 is 4.74 Å². The number of nitrogens with one attached hydrogen (secondary N) is 1. The molecule has 3 nitrogen and oxygen atoms in total. The Kier molecular flexibility index (Phi) is 3.92. The van der Waals surface area contributed by atoms with Gasteiger partial charge in [0.2, 0.25) is 0 Å². The minimum absolute atomic E-state index is 0.661. The van der Waals surface area contributed by atoms with Crippen molar-refractivity contribution in [1.29, 1.82) is 0 Å². The second-order valence-electron chi connectivity index (χ2n) is 2.77. The van der Waals surface area contributed by atoms with Gasteiger partial charge in [0.05, 0.1) is 7.11 Å². The molecule has 1 heterocycles. The van der Waals surface area contributed by atoms with Gasteiger partial charge in [-0.15, -0.1) is 0 Å². The molecule has 0 aliphatic rings. The van der Waals surface area contributed by atoms with E-state index in [0.717, 1.165) is 22.9 Å². The molecule has 1 aromatic carbocycles. The summed E-state index contributed by atoms with van der Waals surface area (Å²) in [6.07, 6.45) is 2.52. The first-order chi connectivity index (χ1) is 7.35. The smallest absolute Gasteiger partial charge is 0.152 e. The SMILES string of the molecule is CC.COc1ccc2[nH]cc(C=O)c2c1. The lowest BCUT2D eigenvalue weighted by molar-refractivity contribution is 0.112. The molecule has 80 valence electrons. The van der Waals surface area contributed by atoms with Crippen LogP contribution >= 0.6 is 0 Å². The van der Waals surface area contributed by atoms with Gasteiger partial charge in [0.1, 0.15) is 5.75 Å². The number of H-pyrrole nitrogens is 1. The maximum absolute atomic E-state index is 10.6. The number of aldehydes is 1. The van der Waals surface area contributed by atoms with Crippen molar-refractivity contribution in [2.24, 2.45) is 0 Å². The van der Waals surface area contributed by atoms with Crippen molar-refractivity contribution in [2.75, 3.05) is 7.11 Å². The fourth-order valence-electron chi connectivity index (χ4n) is 1.35. The van der Waals surface area contributed by atoms with Crippen molar-refractivity contribution in [3.05, 3.63) is 30.0 Å². The Labute approximate surface area is 89.1 Å². The van der Waals surface area contributed by atoms with Gasteiger partial charge in [0.15, 0.2) is 6.29 Å². The molecule has 1 N–H and O–H groups in total. The van der Waals surface area contributed by atoms with E-state index in [-0.39, 0.29) is 0 Å². The van der Waals surface area contributed by atoms with Crippen LogP contribution in [0.2, 0.25) is 0 Å². The number of carbonyl (C=O) groups excluding carboxylic acids is 1. The van der Waals surface area contributed by atoms with E-state index in [1.165, 1.54) is 0 Å². The second kappa shape index (κ2) is 5.20. The average molecular weight is 205 g/mol. The molecule has 0 atom stereocenters. The molecule has 0 unspecified atom stereocenters. The first kappa shape index (κ1) is 11.3. The molecule has 0 aliphatic heterocycles. The van der Waals surface area contributed by atoms with Crippen LogP contribution in [-0.4, -0.2) is 18.4 Å². The lowest BCUT2D eigenvalue weighted by Gasteiger charge is -1.98. The molecule has 0 amide bonds. The van der Waals surface area contributed by atoms with Crippen molar-refractivity contribution in [3.63, 3.8) is 0 Å². The van der Waals surface area contributed by atoms with Gasteiger partial charge in [-0.1, -0.05) is 13.8 Å². The quantitative estimate of drug-likeness (QED) is 0.766. The highest BCUT2D eigenvalue weighted by Crippen LogP contribution is 2.22. The Morgan fingerprint density at radius 1 is 1.33 bits per heavy atom. The highest BCUT2D eigenvalue weighted by molar-refractivity contribution is 5.97. The number of carbonyl (C=O) groups is 1.